The Kier molecular flexibility index (Phi) is 10.8. The number of ether oxygens (including phenoxy) is 1. The Morgan fingerprint density at radius 1 is 0.711 bits per heavy atom. The van der Waals surface area contributed by atoms with Crippen molar-refractivity contribution >= 4 is 5.97 Å². The van der Waals surface area contributed by atoms with Gasteiger partial charge in [0.05, 0.1) is 11.3 Å². The fourth-order valence-corrected chi connectivity index (χ4v) is 3.60. The van der Waals surface area contributed by atoms with Gasteiger partial charge < -0.3 is 4.74 Å². The molecule has 0 amide bonds. The first-order valence-corrected chi connectivity index (χ1v) is 12.5. The van der Waals surface area contributed by atoms with Gasteiger partial charge in [-0.3, -0.25) is 4.98 Å². The highest BCUT2D eigenvalue weighted by molar-refractivity contribution is 5.90. The van der Waals surface area contributed by atoms with Crippen LogP contribution in [0.25, 0.3) is 11.3 Å². The number of unbranched alkanes of at least 4 members (excludes halogenated alkanes) is 2. The second-order valence-electron chi connectivity index (χ2n) is 9.66. The number of carbonyl (C=O) groups excluding carboxylic acids is 1. The van der Waals surface area contributed by atoms with Gasteiger partial charge in [0.25, 0.3) is 0 Å². The van der Waals surface area contributed by atoms with Gasteiger partial charge in [-0.25, -0.2) is 13.6 Å². The van der Waals surface area contributed by atoms with Crippen LogP contribution in [0.1, 0.15) is 42.1 Å². The molecule has 0 saturated carbocycles. The average molecular weight is 683 g/mol. The first kappa shape index (κ1) is 37.9. The third kappa shape index (κ3) is 6.66. The quantitative estimate of drug-likeness (QED) is 0.107. The van der Waals surface area contributed by atoms with Crippen molar-refractivity contribution in [1.82, 2.24) is 4.98 Å². The smallest absolute Gasteiger partial charge is 0.385 e. The predicted molar refractivity (Wildman–Crippen MR) is 124 cm³/mol. The first-order valence-electron chi connectivity index (χ1n) is 12.5. The third-order valence-corrected chi connectivity index (χ3v) is 6.42. The Bertz CT molecular complexity index is 1300. The summed E-state index contributed by atoms with van der Waals surface area (Å²) in [5, 5.41) is 0. The molecule has 0 spiro atoms. The zero-order chi connectivity index (χ0) is 34.9. The number of esters is 1. The van der Waals surface area contributed by atoms with E-state index in [-0.39, 0.29) is 0 Å². The second-order valence-corrected chi connectivity index (χ2v) is 9.66. The topological polar surface area (TPSA) is 39.2 Å². The van der Waals surface area contributed by atoms with Crippen LogP contribution in [0, 0.1) is 0 Å². The number of aryl methyl sites for hydroxylation is 1. The van der Waals surface area contributed by atoms with Crippen molar-refractivity contribution in [1.29, 1.82) is 0 Å². The predicted octanol–water partition coefficient (Wildman–Crippen LogP) is 9.35. The second kappa shape index (κ2) is 12.8. The largest absolute Gasteiger partial charge is 0.455 e. The summed E-state index contributed by atoms with van der Waals surface area (Å²) in [4.78, 5) is 16.2. The standard InChI is InChI=1S/C26H21F16NO2/c1-2-3-4-5-14-6-11-17(43-12-14)15-7-9-16(10-8-15)18(44)45-13-20(29,30)22(33,34)24(37,38)26(41,42)25(39,40)23(35,36)21(31,32)19(27)28/h6-12,19H,2-5,13H2,1H3. The Hall–Kier alpha value is -3.28. The highest BCUT2D eigenvalue weighted by Crippen LogP contribution is 2.62. The molecule has 0 N–H and O–H groups in total. The van der Waals surface area contributed by atoms with E-state index in [2.05, 4.69) is 9.72 Å². The normalized spacial score (nSPS) is 14.2. The van der Waals surface area contributed by atoms with E-state index in [1.165, 1.54) is 0 Å². The molecular formula is C26H21F16NO2. The number of halogens is 16. The number of aromatic nitrogens is 1. The molecule has 0 fully saturated rings. The molecule has 0 aliphatic rings. The number of alkyl halides is 16. The number of nitrogens with zero attached hydrogens (tertiary/aromatic N) is 1. The molecule has 3 nitrogen and oxygen atoms in total. The lowest BCUT2D eigenvalue weighted by atomic mass is 9.89. The number of rotatable bonds is 15. The van der Waals surface area contributed by atoms with E-state index in [9.17, 15) is 75.0 Å². The van der Waals surface area contributed by atoms with Crippen molar-refractivity contribution in [2.24, 2.45) is 0 Å². The molecule has 1 aromatic heterocycles. The zero-order valence-corrected chi connectivity index (χ0v) is 22.5. The summed E-state index contributed by atoms with van der Waals surface area (Å²) in [6.07, 6.45) is -0.757. The minimum atomic E-state index is -8.52. The summed E-state index contributed by atoms with van der Waals surface area (Å²) in [6.45, 7) is -1.24. The molecule has 1 aromatic carbocycles. The average Bonchev–Trinajstić information content (AvgIpc) is 2.95. The van der Waals surface area contributed by atoms with E-state index < -0.39 is 66.0 Å². The fraction of sp³-hybridized carbons (Fsp3) is 0.538. The van der Waals surface area contributed by atoms with Crippen molar-refractivity contribution in [3.8, 4) is 11.3 Å². The molecule has 0 aliphatic carbocycles. The van der Waals surface area contributed by atoms with Crippen LogP contribution in [0.15, 0.2) is 42.6 Å². The van der Waals surface area contributed by atoms with E-state index >= 15 is 0 Å². The summed E-state index contributed by atoms with van der Waals surface area (Å²) < 4.78 is 219. The molecule has 0 saturated heterocycles. The summed E-state index contributed by atoms with van der Waals surface area (Å²) in [5.41, 5.74) is 0.848. The fourth-order valence-electron chi connectivity index (χ4n) is 3.60. The van der Waals surface area contributed by atoms with Gasteiger partial charge in [0, 0.05) is 11.8 Å². The SMILES string of the molecule is CCCCCc1ccc(-c2ccc(C(=O)OCC(F)(F)C(F)(F)C(F)(F)C(F)(F)C(F)(F)C(F)(F)C(F)(F)C(F)F)cc2)nc1. The Morgan fingerprint density at radius 2 is 1.22 bits per heavy atom. The molecule has 1 heterocycles. The minimum absolute atomic E-state index is 0.320. The van der Waals surface area contributed by atoms with E-state index in [4.69, 9.17) is 0 Å². The number of hydrogen-bond donors (Lipinski definition) is 0. The molecular weight excluding hydrogens is 662 g/mol. The zero-order valence-electron chi connectivity index (χ0n) is 22.5. The molecule has 0 unspecified atom stereocenters. The van der Waals surface area contributed by atoms with Gasteiger partial charge in [-0.15, -0.1) is 0 Å². The van der Waals surface area contributed by atoms with Crippen LogP contribution in [-0.2, 0) is 11.2 Å². The van der Waals surface area contributed by atoms with Crippen molar-refractivity contribution in [2.75, 3.05) is 6.61 Å². The summed E-state index contributed by atoms with van der Waals surface area (Å²) >= 11 is 0. The lowest BCUT2D eigenvalue weighted by molar-refractivity contribution is -0.447. The Morgan fingerprint density at radius 3 is 1.69 bits per heavy atom. The van der Waals surface area contributed by atoms with Crippen LogP contribution in [0.4, 0.5) is 70.2 Å². The molecule has 19 heteroatoms. The molecule has 0 atom stereocenters. The van der Waals surface area contributed by atoms with Gasteiger partial charge in [0.2, 0.25) is 0 Å². The van der Waals surface area contributed by atoms with Crippen LogP contribution < -0.4 is 0 Å². The van der Waals surface area contributed by atoms with E-state index in [1.54, 1.807) is 18.3 Å². The number of hydrogen-bond acceptors (Lipinski definition) is 3. The minimum Gasteiger partial charge on any atom is -0.455 e. The maximum Gasteiger partial charge on any atom is 0.385 e. The molecule has 45 heavy (non-hydrogen) atoms. The monoisotopic (exact) mass is 683 g/mol. The maximum absolute atomic E-state index is 14.0. The lowest BCUT2D eigenvalue weighted by Crippen LogP contribution is -2.74. The number of carbonyl (C=O) groups is 1. The molecule has 0 radical (unpaired) electrons. The van der Waals surface area contributed by atoms with Gasteiger partial charge >= 0.3 is 53.9 Å². The number of pyridine rings is 1. The molecule has 0 aliphatic heterocycles. The highest BCUT2D eigenvalue weighted by atomic mass is 19.4. The van der Waals surface area contributed by atoms with Gasteiger partial charge in [-0.05, 0) is 36.6 Å². The maximum atomic E-state index is 14.0. The van der Waals surface area contributed by atoms with Gasteiger partial charge in [0.1, 0.15) is 0 Å². The molecule has 2 aromatic rings. The van der Waals surface area contributed by atoms with Gasteiger partial charge in [-0.2, -0.15) is 61.5 Å². The van der Waals surface area contributed by atoms with Crippen LogP contribution in [0.5, 0.6) is 0 Å². The van der Waals surface area contributed by atoms with Crippen LogP contribution in [0.2, 0.25) is 0 Å². The third-order valence-electron chi connectivity index (χ3n) is 6.42. The summed E-state index contributed by atoms with van der Waals surface area (Å²) in [6, 6.07) is 7.31. The molecule has 0 bridgehead atoms. The van der Waals surface area contributed by atoms with Gasteiger partial charge in [-0.1, -0.05) is 38.0 Å². The Balaban J connectivity index is 2.23. The van der Waals surface area contributed by atoms with E-state index in [1.807, 2.05) is 6.92 Å². The van der Waals surface area contributed by atoms with Crippen molar-refractivity contribution in [2.45, 2.75) is 80.5 Å². The number of benzene rings is 1. The highest BCUT2D eigenvalue weighted by Gasteiger charge is 2.93. The van der Waals surface area contributed by atoms with Crippen molar-refractivity contribution < 1.29 is 79.8 Å². The van der Waals surface area contributed by atoms with E-state index in [0.29, 0.717) is 11.3 Å². The van der Waals surface area contributed by atoms with Crippen LogP contribution >= 0.6 is 0 Å². The Labute approximate surface area is 243 Å². The van der Waals surface area contributed by atoms with Gasteiger partial charge in [0.15, 0.2) is 6.61 Å². The molecule has 2 rings (SSSR count). The summed E-state index contributed by atoms with van der Waals surface area (Å²) in [5.74, 6) is -57.6. The van der Waals surface area contributed by atoms with Crippen molar-refractivity contribution in [3.63, 3.8) is 0 Å². The van der Waals surface area contributed by atoms with Crippen molar-refractivity contribution in [3.05, 3.63) is 53.7 Å². The lowest BCUT2D eigenvalue weighted by Gasteiger charge is -2.42. The van der Waals surface area contributed by atoms with Crippen LogP contribution in [0.3, 0.4) is 0 Å². The van der Waals surface area contributed by atoms with Crippen LogP contribution in [-0.4, -0.2) is 65.4 Å². The molecule has 254 valence electrons. The summed E-state index contributed by atoms with van der Waals surface area (Å²) in [7, 11) is 0. The first-order chi connectivity index (χ1) is 20.3. The van der Waals surface area contributed by atoms with E-state index in [0.717, 1.165) is 55.5 Å².